The van der Waals surface area contributed by atoms with Crippen LogP contribution in [-0.2, 0) is 25.9 Å². The third kappa shape index (κ3) is 6.35. The maximum Gasteiger partial charge on any atom is 0.191 e. The van der Waals surface area contributed by atoms with Crippen molar-refractivity contribution < 1.29 is 4.74 Å². The van der Waals surface area contributed by atoms with Gasteiger partial charge in [-0.3, -0.25) is 0 Å². The van der Waals surface area contributed by atoms with Crippen LogP contribution in [0.15, 0.2) is 29.3 Å². The van der Waals surface area contributed by atoms with Crippen LogP contribution < -0.4 is 15.4 Å². The number of ether oxygens (including phenoxy) is 1. The number of rotatable bonds is 7. The number of nitrogens with one attached hydrogen (secondary N) is 2. The maximum atomic E-state index is 5.20. The minimum absolute atomic E-state index is 0. The number of guanidine groups is 1. The molecule has 1 aliphatic heterocycles. The smallest absolute Gasteiger partial charge is 0.191 e. The molecule has 1 aromatic heterocycles. The van der Waals surface area contributed by atoms with Crippen molar-refractivity contribution in [2.75, 3.05) is 20.2 Å². The number of halogens is 1. The molecule has 2 aromatic rings. The number of fused-ring (bicyclic) bond motifs is 1. The lowest BCUT2D eigenvalue weighted by atomic mass is 10.2. The van der Waals surface area contributed by atoms with Gasteiger partial charge in [0.2, 0.25) is 0 Å². The van der Waals surface area contributed by atoms with Gasteiger partial charge in [-0.2, -0.15) is 0 Å². The number of aryl methyl sites for hydroxylation is 1. The summed E-state index contributed by atoms with van der Waals surface area (Å²) < 4.78 is 7.50. The van der Waals surface area contributed by atoms with Crippen LogP contribution in [0.1, 0.15) is 43.4 Å². The van der Waals surface area contributed by atoms with Crippen molar-refractivity contribution in [3.05, 3.63) is 41.5 Å². The van der Waals surface area contributed by atoms with Gasteiger partial charge < -0.3 is 19.9 Å². The second-order valence-electron chi connectivity index (χ2n) is 6.71. The Morgan fingerprint density at radius 2 is 1.96 bits per heavy atom. The van der Waals surface area contributed by atoms with E-state index in [9.17, 15) is 0 Å². The predicted molar refractivity (Wildman–Crippen MR) is 123 cm³/mol. The monoisotopic (exact) mass is 498 g/mol. The predicted octanol–water partition coefficient (Wildman–Crippen LogP) is 2.93. The fourth-order valence-corrected chi connectivity index (χ4v) is 3.27. The first-order valence-electron chi connectivity index (χ1n) is 9.86. The van der Waals surface area contributed by atoms with Gasteiger partial charge in [0.25, 0.3) is 0 Å². The van der Waals surface area contributed by atoms with Crippen LogP contribution in [0.25, 0.3) is 0 Å². The van der Waals surface area contributed by atoms with Gasteiger partial charge in [0, 0.05) is 32.5 Å². The van der Waals surface area contributed by atoms with Gasteiger partial charge in [-0.1, -0.05) is 18.6 Å². The van der Waals surface area contributed by atoms with Gasteiger partial charge in [0.15, 0.2) is 5.96 Å². The summed E-state index contributed by atoms with van der Waals surface area (Å²) in [5, 5.41) is 15.5. The molecule has 0 bridgehead atoms. The maximum absolute atomic E-state index is 5.20. The van der Waals surface area contributed by atoms with Gasteiger partial charge in [-0.05, 0) is 37.5 Å². The second-order valence-corrected chi connectivity index (χ2v) is 6.71. The number of benzene rings is 1. The summed E-state index contributed by atoms with van der Waals surface area (Å²) in [5.74, 6) is 3.90. The summed E-state index contributed by atoms with van der Waals surface area (Å²) in [5.41, 5.74) is 1.15. The van der Waals surface area contributed by atoms with Gasteiger partial charge in [0.1, 0.15) is 17.4 Å². The molecule has 8 heteroatoms. The van der Waals surface area contributed by atoms with E-state index in [2.05, 4.69) is 37.3 Å². The van der Waals surface area contributed by atoms with Crippen molar-refractivity contribution in [3.8, 4) is 5.75 Å². The Hall–Kier alpha value is -1.84. The zero-order chi connectivity index (χ0) is 18.9. The molecule has 1 aromatic carbocycles. The highest BCUT2D eigenvalue weighted by Crippen LogP contribution is 2.14. The summed E-state index contributed by atoms with van der Waals surface area (Å²) in [6, 6.07) is 8.00. The number of hydrogen-bond acceptors (Lipinski definition) is 4. The Morgan fingerprint density at radius 3 is 2.71 bits per heavy atom. The standard InChI is InChI=1S/C20H30N6O.HI/c1-3-21-20(23-15-16-8-10-17(27-2)11-9-16)22-13-12-19-25-24-18-7-5-4-6-14-26(18)19;/h8-11H,3-7,12-15H2,1-2H3,(H2,21,22,23);1H. The van der Waals surface area contributed by atoms with Gasteiger partial charge in [-0.25, -0.2) is 4.99 Å². The van der Waals surface area contributed by atoms with Crippen molar-refractivity contribution in [3.63, 3.8) is 0 Å². The van der Waals surface area contributed by atoms with Gasteiger partial charge in [-0.15, -0.1) is 34.2 Å². The first-order chi connectivity index (χ1) is 13.3. The summed E-state index contributed by atoms with van der Waals surface area (Å²) in [7, 11) is 1.68. The van der Waals surface area contributed by atoms with E-state index in [1.165, 1.54) is 19.3 Å². The third-order valence-electron chi connectivity index (χ3n) is 4.75. The number of aromatic nitrogens is 3. The molecule has 0 atom stereocenters. The highest BCUT2D eigenvalue weighted by molar-refractivity contribution is 14.0. The molecule has 0 spiro atoms. The van der Waals surface area contributed by atoms with E-state index in [0.29, 0.717) is 6.54 Å². The van der Waals surface area contributed by atoms with Crippen LogP contribution in [0.4, 0.5) is 0 Å². The average Bonchev–Trinajstić information content (AvgIpc) is 2.93. The first-order valence-corrected chi connectivity index (χ1v) is 9.86. The average molecular weight is 498 g/mol. The lowest BCUT2D eigenvalue weighted by Gasteiger charge is -2.12. The molecule has 28 heavy (non-hydrogen) atoms. The largest absolute Gasteiger partial charge is 0.497 e. The molecule has 0 radical (unpaired) electrons. The molecule has 0 fully saturated rings. The lowest BCUT2D eigenvalue weighted by Crippen LogP contribution is -2.38. The van der Waals surface area contributed by atoms with E-state index in [1.54, 1.807) is 7.11 Å². The quantitative estimate of drug-likeness (QED) is 0.349. The van der Waals surface area contributed by atoms with Crippen molar-refractivity contribution >= 4 is 29.9 Å². The molecular weight excluding hydrogens is 467 g/mol. The fourth-order valence-electron chi connectivity index (χ4n) is 3.27. The molecule has 154 valence electrons. The van der Waals surface area contributed by atoms with Crippen LogP contribution in [-0.4, -0.2) is 40.9 Å². The Morgan fingerprint density at radius 1 is 1.14 bits per heavy atom. The minimum atomic E-state index is 0. The van der Waals surface area contributed by atoms with Gasteiger partial charge in [0.05, 0.1) is 13.7 Å². The number of nitrogens with zero attached hydrogens (tertiary/aromatic N) is 4. The van der Waals surface area contributed by atoms with Crippen LogP contribution in [0.5, 0.6) is 5.75 Å². The normalized spacial score (nSPS) is 13.9. The minimum Gasteiger partial charge on any atom is -0.497 e. The Labute approximate surface area is 184 Å². The van der Waals surface area contributed by atoms with E-state index >= 15 is 0 Å². The molecule has 2 heterocycles. The molecule has 0 amide bonds. The van der Waals surface area contributed by atoms with Crippen LogP contribution >= 0.6 is 24.0 Å². The van der Waals surface area contributed by atoms with E-state index in [0.717, 1.165) is 61.4 Å². The Bertz CT molecular complexity index is 744. The molecule has 0 unspecified atom stereocenters. The summed E-state index contributed by atoms with van der Waals surface area (Å²) >= 11 is 0. The third-order valence-corrected chi connectivity index (χ3v) is 4.75. The van der Waals surface area contributed by atoms with Crippen molar-refractivity contribution in [1.82, 2.24) is 25.4 Å². The SMILES string of the molecule is CCNC(=NCc1ccc(OC)cc1)NCCc1nnc2n1CCCCC2.I. The summed E-state index contributed by atoms with van der Waals surface area (Å²) in [4.78, 5) is 4.67. The Balaban J connectivity index is 0.00000280. The molecule has 0 saturated heterocycles. The van der Waals surface area contributed by atoms with Crippen LogP contribution in [0, 0.1) is 0 Å². The van der Waals surface area contributed by atoms with E-state index in [1.807, 2.05) is 24.3 Å². The molecule has 1 aliphatic rings. The molecule has 2 N–H and O–H groups in total. The molecule has 3 rings (SSSR count). The van der Waals surface area contributed by atoms with Crippen LogP contribution in [0.3, 0.4) is 0 Å². The van der Waals surface area contributed by atoms with E-state index in [-0.39, 0.29) is 24.0 Å². The van der Waals surface area contributed by atoms with Crippen LogP contribution in [0.2, 0.25) is 0 Å². The summed E-state index contributed by atoms with van der Waals surface area (Å²) in [6.07, 6.45) is 5.62. The van der Waals surface area contributed by atoms with Gasteiger partial charge >= 0.3 is 0 Å². The topological polar surface area (TPSA) is 76.4 Å². The molecule has 0 aliphatic carbocycles. The fraction of sp³-hybridized carbons (Fsp3) is 0.550. The lowest BCUT2D eigenvalue weighted by molar-refractivity contribution is 0.414. The first kappa shape index (κ1) is 22.4. The van der Waals surface area contributed by atoms with Crippen molar-refractivity contribution in [1.29, 1.82) is 0 Å². The highest BCUT2D eigenvalue weighted by atomic mass is 127. The van der Waals surface area contributed by atoms with E-state index in [4.69, 9.17) is 4.74 Å². The van der Waals surface area contributed by atoms with Crippen molar-refractivity contribution in [2.24, 2.45) is 4.99 Å². The van der Waals surface area contributed by atoms with E-state index < -0.39 is 0 Å². The van der Waals surface area contributed by atoms with Crippen molar-refractivity contribution in [2.45, 2.75) is 52.1 Å². The Kier molecular flexibility index (Phi) is 9.52. The molecular formula is C20H31IN6O. The number of methoxy groups -OCH3 is 1. The molecule has 0 saturated carbocycles. The number of hydrogen-bond donors (Lipinski definition) is 2. The summed E-state index contributed by atoms with van der Waals surface area (Å²) in [6.45, 7) is 5.35. The number of aliphatic imine (C=N–C) groups is 1. The zero-order valence-electron chi connectivity index (χ0n) is 16.8. The zero-order valence-corrected chi connectivity index (χ0v) is 19.1. The highest BCUT2D eigenvalue weighted by Gasteiger charge is 2.14. The second kappa shape index (κ2) is 11.9. The molecule has 7 nitrogen and oxygen atoms in total.